The molecule has 6 nitrogen and oxygen atoms in total. The number of aromatic nitrogens is 1. The SMILES string of the molecule is COCc1cc(C)n(CC(=O)N(Cc2ccccc2)Cc2ccccc2)c(=O)c1C#N. The van der Waals surface area contributed by atoms with Gasteiger partial charge in [-0.2, -0.15) is 5.26 Å². The number of ether oxygens (including phenoxy) is 1. The predicted octanol–water partition coefficient (Wildman–Crippen LogP) is 3.40. The molecule has 0 bridgehead atoms. The molecule has 0 aliphatic heterocycles. The van der Waals surface area contributed by atoms with Crippen molar-refractivity contribution in [1.82, 2.24) is 9.47 Å². The lowest BCUT2D eigenvalue weighted by Crippen LogP contribution is -2.37. The second-order valence-electron chi connectivity index (χ2n) is 7.34. The van der Waals surface area contributed by atoms with E-state index >= 15 is 0 Å². The van der Waals surface area contributed by atoms with Crippen molar-refractivity contribution in [3.05, 3.63) is 105 Å². The van der Waals surface area contributed by atoms with Crippen LogP contribution in [0, 0.1) is 18.3 Å². The number of nitrogens with zero attached hydrogens (tertiary/aromatic N) is 3. The summed E-state index contributed by atoms with van der Waals surface area (Å²) in [5.41, 5.74) is 2.69. The van der Waals surface area contributed by atoms with Gasteiger partial charge in [0.25, 0.3) is 5.56 Å². The van der Waals surface area contributed by atoms with Gasteiger partial charge in [-0.25, -0.2) is 0 Å². The zero-order chi connectivity index (χ0) is 22.2. The van der Waals surface area contributed by atoms with Gasteiger partial charge < -0.3 is 14.2 Å². The maximum absolute atomic E-state index is 13.3. The van der Waals surface area contributed by atoms with Crippen molar-refractivity contribution in [2.24, 2.45) is 0 Å². The Bertz CT molecular complexity index is 1090. The van der Waals surface area contributed by atoms with Gasteiger partial charge in [0.1, 0.15) is 18.2 Å². The average Bonchev–Trinajstić information content (AvgIpc) is 2.78. The van der Waals surface area contributed by atoms with Crippen LogP contribution in [0.15, 0.2) is 71.5 Å². The van der Waals surface area contributed by atoms with Gasteiger partial charge >= 0.3 is 0 Å². The van der Waals surface area contributed by atoms with E-state index in [9.17, 15) is 14.9 Å². The Morgan fingerprint density at radius 1 is 1.03 bits per heavy atom. The molecular weight excluding hydrogens is 390 g/mol. The second kappa shape index (κ2) is 10.4. The largest absolute Gasteiger partial charge is 0.380 e. The number of nitriles is 1. The molecule has 2 aromatic carbocycles. The molecule has 0 fully saturated rings. The van der Waals surface area contributed by atoms with Crippen LogP contribution in [0.1, 0.15) is 27.9 Å². The Morgan fingerprint density at radius 2 is 1.58 bits per heavy atom. The van der Waals surface area contributed by atoms with Gasteiger partial charge in [0, 0.05) is 31.5 Å². The van der Waals surface area contributed by atoms with Gasteiger partial charge in [-0.3, -0.25) is 9.59 Å². The van der Waals surface area contributed by atoms with Crippen LogP contribution < -0.4 is 5.56 Å². The molecule has 0 aliphatic rings. The summed E-state index contributed by atoms with van der Waals surface area (Å²) in [7, 11) is 1.51. The number of hydrogen-bond acceptors (Lipinski definition) is 4. The first kappa shape index (κ1) is 22.0. The molecule has 0 saturated carbocycles. The van der Waals surface area contributed by atoms with E-state index < -0.39 is 5.56 Å². The Morgan fingerprint density at radius 3 is 2.06 bits per heavy atom. The van der Waals surface area contributed by atoms with Gasteiger partial charge in [0.2, 0.25) is 5.91 Å². The first-order chi connectivity index (χ1) is 15.0. The van der Waals surface area contributed by atoms with Crippen molar-refractivity contribution in [2.45, 2.75) is 33.2 Å². The zero-order valence-electron chi connectivity index (χ0n) is 17.7. The summed E-state index contributed by atoms with van der Waals surface area (Å²) in [6.45, 7) is 2.65. The van der Waals surface area contributed by atoms with Gasteiger partial charge in [0.05, 0.1) is 6.61 Å². The third kappa shape index (κ3) is 5.47. The van der Waals surface area contributed by atoms with Crippen LogP contribution in [-0.4, -0.2) is 22.5 Å². The van der Waals surface area contributed by atoms with E-state index in [0.29, 0.717) is 24.3 Å². The number of rotatable bonds is 8. The highest BCUT2D eigenvalue weighted by Crippen LogP contribution is 2.13. The number of aryl methyl sites for hydroxylation is 1. The Labute approximate surface area is 181 Å². The number of benzene rings is 2. The Kier molecular flexibility index (Phi) is 7.36. The molecule has 1 heterocycles. The van der Waals surface area contributed by atoms with E-state index in [0.717, 1.165) is 11.1 Å². The Balaban J connectivity index is 1.91. The first-order valence-electron chi connectivity index (χ1n) is 10.0. The van der Waals surface area contributed by atoms with Crippen LogP contribution in [0.3, 0.4) is 0 Å². The summed E-state index contributed by atoms with van der Waals surface area (Å²) >= 11 is 0. The third-order valence-electron chi connectivity index (χ3n) is 5.08. The van der Waals surface area contributed by atoms with Crippen molar-refractivity contribution in [3.8, 4) is 6.07 Å². The standard InChI is InChI=1S/C25H25N3O3/c1-19-13-22(18-31-2)23(14-26)25(30)28(19)17-24(29)27(15-20-9-5-3-6-10-20)16-21-11-7-4-8-12-21/h3-13H,15-18H2,1-2H3. The van der Waals surface area contributed by atoms with E-state index in [1.807, 2.05) is 66.7 Å². The highest BCUT2D eigenvalue weighted by atomic mass is 16.5. The van der Waals surface area contributed by atoms with Crippen LogP contribution in [-0.2, 0) is 35.8 Å². The quantitative estimate of drug-likeness (QED) is 0.565. The lowest BCUT2D eigenvalue weighted by atomic mass is 10.1. The molecule has 1 aromatic heterocycles. The van der Waals surface area contributed by atoms with Crippen molar-refractivity contribution in [2.75, 3.05) is 7.11 Å². The van der Waals surface area contributed by atoms with E-state index in [1.165, 1.54) is 11.7 Å². The molecule has 6 heteroatoms. The van der Waals surface area contributed by atoms with E-state index in [-0.39, 0.29) is 24.6 Å². The maximum atomic E-state index is 13.3. The molecule has 0 aliphatic carbocycles. The average molecular weight is 415 g/mol. The molecule has 0 saturated heterocycles. The number of carbonyl (C=O) groups excluding carboxylic acids is 1. The molecule has 0 unspecified atom stereocenters. The van der Waals surface area contributed by atoms with Crippen molar-refractivity contribution < 1.29 is 9.53 Å². The summed E-state index contributed by atoms with van der Waals surface area (Å²) < 4.78 is 6.46. The molecule has 0 radical (unpaired) electrons. The lowest BCUT2D eigenvalue weighted by molar-refractivity contribution is -0.133. The fourth-order valence-electron chi connectivity index (χ4n) is 3.50. The summed E-state index contributed by atoms with van der Waals surface area (Å²) in [6.07, 6.45) is 0. The number of hydrogen-bond donors (Lipinski definition) is 0. The molecule has 3 aromatic rings. The number of carbonyl (C=O) groups is 1. The van der Waals surface area contributed by atoms with E-state index in [2.05, 4.69) is 0 Å². The maximum Gasteiger partial charge on any atom is 0.269 e. The lowest BCUT2D eigenvalue weighted by Gasteiger charge is -2.24. The molecule has 3 rings (SSSR count). The highest BCUT2D eigenvalue weighted by Gasteiger charge is 2.19. The van der Waals surface area contributed by atoms with Crippen LogP contribution in [0.25, 0.3) is 0 Å². The van der Waals surface area contributed by atoms with Crippen LogP contribution >= 0.6 is 0 Å². The topological polar surface area (TPSA) is 75.3 Å². The third-order valence-corrected chi connectivity index (χ3v) is 5.08. The molecule has 158 valence electrons. The monoisotopic (exact) mass is 415 g/mol. The van der Waals surface area contributed by atoms with Crippen molar-refractivity contribution in [1.29, 1.82) is 5.26 Å². The molecule has 0 atom stereocenters. The van der Waals surface area contributed by atoms with Gasteiger partial charge in [-0.05, 0) is 24.1 Å². The minimum absolute atomic E-state index is 0.0120. The number of amides is 1. The van der Waals surface area contributed by atoms with Gasteiger partial charge in [-0.15, -0.1) is 0 Å². The molecule has 0 spiro atoms. The van der Waals surface area contributed by atoms with Gasteiger partial charge in [0.15, 0.2) is 0 Å². The van der Waals surface area contributed by atoms with Gasteiger partial charge in [-0.1, -0.05) is 60.7 Å². The van der Waals surface area contributed by atoms with E-state index in [4.69, 9.17) is 4.74 Å². The summed E-state index contributed by atoms with van der Waals surface area (Å²) in [5.74, 6) is -0.193. The minimum Gasteiger partial charge on any atom is -0.380 e. The second-order valence-corrected chi connectivity index (χ2v) is 7.34. The summed E-state index contributed by atoms with van der Waals surface area (Å²) in [5, 5.41) is 9.46. The molecule has 1 amide bonds. The molecule has 31 heavy (non-hydrogen) atoms. The summed E-state index contributed by atoms with van der Waals surface area (Å²) in [6, 6.07) is 23.2. The molecule has 0 N–H and O–H groups in total. The minimum atomic E-state index is -0.470. The number of methoxy groups -OCH3 is 1. The molecular formula is C25H25N3O3. The van der Waals surface area contributed by atoms with Crippen LogP contribution in [0.2, 0.25) is 0 Å². The van der Waals surface area contributed by atoms with E-state index in [1.54, 1.807) is 17.9 Å². The fraction of sp³-hybridized carbons (Fsp3) is 0.240. The summed E-state index contributed by atoms with van der Waals surface area (Å²) in [4.78, 5) is 27.9. The predicted molar refractivity (Wildman–Crippen MR) is 118 cm³/mol. The number of pyridine rings is 1. The van der Waals surface area contributed by atoms with Crippen molar-refractivity contribution in [3.63, 3.8) is 0 Å². The normalized spacial score (nSPS) is 10.5. The smallest absolute Gasteiger partial charge is 0.269 e. The first-order valence-corrected chi connectivity index (χ1v) is 10.0. The van der Waals surface area contributed by atoms with Crippen molar-refractivity contribution >= 4 is 5.91 Å². The van der Waals surface area contributed by atoms with Crippen LogP contribution in [0.5, 0.6) is 0 Å². The Hall–Kier alpha value is -3.69. The zero-order valence-corrected chi connectivity index (χ0v) is 17.7. The fourth-order valence-corrected chi connectivity index (χ4v) is 3.50. The van der Waals surface area contributed by atoms with Crippen LogP contribution in [0.4, 0.5) is 0 Å². The highest BCUT2D eigenvalue weighted by molar-refractivity contribution is 5.76.